The van der Waals surface area contributed by atoms with Gasteiger partial charge in [-0.2, -0.15) is 0 Å². The van der Waals surface area contributed by atoms with Crippen molar-refractivity contribution in [3.05, 3.63) is 118 Å². The van der Waals surface area contributed by atoms with E-state index in [9.17, 15) is 4.79 Å². The van der Waals surface area contributed by atoms with Crippen LogP contribution in [0.2, 0.25) is 5.02 Å². The minimum atomic E-state index is -0.582. The van der Waals surface area contributed by atoms with Crippen molar-refractivity contribution in [3.63, 3.8) is 0 Å². The molecule has 1 aromatic heterocycles. The van der Waals surface area contributed by atoms with Crippen molar-refractivity contribution in [1.29, 1.82) is 0 Å². The lowest BCUT2D eigenvalue weighted by molar-refractivity contribution is -0.110. The molecule has 1 aliphatic heterocycles. The van der Waals surface area contributed by atoms with Crippen molar-refractivity contribution in [1.82, 2.24) is 9.80 Å². The van der Waals surface area contributed by atoms with Crippen LogP contribution in [0.25, 0.3) is 10.4 Å². The van der Waals surface area contributed by atoms with Gasteiger partial charge in [0.2, 0.25) is 0 Å². The Kier molecular flexibility index (Phi) is 7.95. The highest BCUT2D eigenvalue weighted by atomic mass is 35.5. The molecule has 0 radical (unpaired) electrons. The molecule has 0 spiro atoms. The monoisotopic (exact) mass is 515 g/mol. The van der Waals surface area contributed by atoms with Crippen LogP contribution in [0, 0.1) is 0 Å². The average molecular weight is 516 g/mol. The summed E-state index contributed by atoms with van der Waals surface area (Å²) >= 11 is 7.90. The van der Waals surface area contributed by atoms with Gasteiger partial charge >= 0.3 is 0 Å². The molecule has 2 heterocycles. The number of hydrogen-bond acceptors (Lipinski definition) is 5. The Morgan fingerprint density at radius 1 is 0.778 bits per heavy atom. The van der Waals surface area contributed by atoms with Gasteiger partial charge in [0.15, 0.2) is 0 Å². The molecule has 2 atom stereocenters. The first-order valence-corrected chi connectivity index (χ1v) is 13.5. The first kappa shape index (κ1) is 24.9. The fourth-order valence-electron chi connectivity index (χ4n) is 5.15. The first-order chi connectivity index (χ1) is 17.6. The van der Waals surface area contributed by atoms with E-state index in [1.54, 1.807) is 11.3 Å². The fraction of sp³-hybridized carbons (Fsp3) is 0.233. The lowest BCUT2D eigenvalue weighted by Gasteiger charge is -2.43. The van der Waals surface area contributed by atoms with Crippen LogP contribution in [0.4, 0.5) is 0 Å². The van der Waals surface area contributed by atoms with Crippen LogP contribution >= 0.6 is 22.9 Å². The molecular formula is C30H30ClN3OS. The van der Waals surface area contributed by atoms with Crippen molar-refractivity contribution in [3.8, 4) is 10.4 Å². The lowest BCUT2D eigenvalue weighted by Crippen LogP contribution is -2.52. The Labute approximate surface area is 221 Å². The molecule has 1 aliphatic rings. The van der Waals surface area contributed by atoms with Gasteiger partial charge in [-0.3, -0.25) is 9.80 Å². The Morgan fingerprint density at radius 2 is 1.39 bits per heavy atom. The number of nitrogens with two attached hydrogens (primary N) is 1. The zero-order valence-corrected chi connectivity index (χ0v) is 21.6. The van der Waals surface area contributed by atoms with Crippen LogP contribution < -0.4 is 5.73 Å². The molecule has 184 valence electrons. The molecule has 1 saturated heterocycles. The van der Waals surface area contributed by atoms with Crippen molar-refractivity contribution < 1.29 is 4.79 Å². The van der Waals surface area contributed by atoms with E-state index in [1.165, 1.54) is 11.1 Å². The summed E-state index contributed by atoms with van der Waals surface area (Å²) in [6, 6.07) is 32.9. The second kappa shape index (κ2) is 11.5. The molecule has 2 unspecified atom stereocenters. The maximum atomic E-state index is 11.9. The molecule has 0 aliphatic carbocycles. The summed E-state index contributed by atoms with van der Waals surface area (Å²) in [5.41, 5.74) is 10.1. The van der Waals surface area contributed by atoms with E-state index in [1.807, 2.05) is 18.2 Å². The van der Waals surface area contributed by atoms with Crippen LogP contribution in [-0.2, 0) is 4.79 Å². The Bertz CT molecular complexity index is 1230. The van der Waals surface area contributed by atoms with Gasteiger partial charge < -0.3 is 10.5 Å². The van der Waals surface area contributed by atoms with E-state index in [4.69, 9.17) is 17.3 Å². The zero-order valence-electron chi connectivity index (χ0n) is 20.0. The highest BCUT2D eigenvalue weighted by Crippen LogP contribution is 2.37. The Hall–Kier alpha value is -2.80. The van der Waals surface area contributed by atoms with E-state index in [-0.39, 0.29) is 12.1 Å². The third kappa shape index (κ3) is 5.46. The minimum absolute atomic E-state index is 0.144. The molecule has 0 bridgehead atoms. The summed E-state index contributed by atoms with van der Waals surface area (Å²) in [4.78, 5) is 19.0. The summed E-state index contributed by atoms with van der Waals surface area (Å²) in [7, 11) is 0. The van der Waals surface area contributed by atoms with Gasteiger partial charge in [-0.1, -0.05) is 84.4 Å². The maximum absolute atomic E-state index is 11.9. The number of nitrogens with zero attached hydrogens (tertiary/aromatic N) is 2. The standard InChI is InChI=1S/C30H30ClN3OS/c31-25-13-7-12-24(20-25)27-14-15-28(36-27)30(26(32)21-35)34-18-16-33(17-19-34)29(22-8-3-1-4-9-22)23-10-5-2-6-11-23/h1-15,20-21,26,29-30H,16-19,32H2. The fourth-order valence-corrected chi connectivity index (χ4v) is 6.54. The van der Waals surface area contributed by atoms with Crippen LogP contribution in [0.3, 0.4) is 0 Å². The number of rotatable bonds is 8. The van der Waals surface area contributed by atoms with Gasteiger partial charge in [0.05, 0.1) is 18.1 Å². The number of hydrogen-bond donors (Lipinski definition) is 1. The van der Waals surface area contributed by atoms with E-state index >= 15 is 0 Å². The Balaban J connectivity index is 1.36. The SMILES string of the molecule is NC(C=O)C(c1ccc(-c2cccc(Cl)c2)s1)N1CCN(C(c2ccccc2)c2ccccc2)CC1. The van der Waals surface area contributed by atoms with Crippen molar-refractivity contribution in [2.45, 2.75) is 18.1 Å². The third-order valence-corrected chi connectivity index (χ3v) is 8.33. The van der Waals surface area contributed by atoms with Crippen LogP contribution in [-0.4, -0.2) is 48.3 Å². The molecular weight excluding hydrogens is 486 g/mol. The van der Waals surface area contributed by atoms with Gasteiger partial charge in [0, 0.05) is 41.0 Å². The smallest absolute Gasteiger partial charge is 0.138 e. The molecule has 0 saturated carbocycles. The van der Waals surface area contributed by atoms with Gasteiger partial charge in [-0.25, -0.2) is 0 Å². The molecule has 1 fully saturated rings. The topological polar surface area (TPSA) is 49.6 Å². The molecule has 3 aromatic carbocycles. The normalized spacial score (nSPS) is 16.6. The highest BCUT2D eigenvalue weighted by molar-refractivity contribution is 7.15. The molecule has 5 rings (SSSR count). The number of piperazine rings is 1. The number of benzene rings is 3. The number of carbonyl (C=O) groups excluding carboxylic acids is 1. The number of thiophene rings is 1. The van der Waals surface area contributed by atoms with Crippen molar-refractivity contribution >= 4 is 29.2 Å². The summed E-state index contributed by atoms with van der Waals surface area (Å²) in [5.74, 6) is 0. The second-order valence-electron chi connectivity index (χ2n) is 9.17. The summed E-state index contributed by atoms with van der Waals surface area (Å²) in [5, 5.41) is 0.714. The maximum Gasteiger partial charge on any atom is 0.138 e. The van der Waals surface area contributed by atoms with E-state index in [2.05, 4.69) is 88.7 Å². The van der Waals surface area contributed by atoms with E-state index in [0.717, 1.165) is 47.8 Å². The number of carbonyl (C=O) groups is 1. The van der Waals surface area contributed by atoms with Crippen LogP contribution in [0.5, 0.6) is 0 Å². The second-order valence-corrected chi connectivity index (χ2v) is 10.7. The molecule has 2 N–H and O–H groups in total. The quantitative estimate of drug-likeness (QED) is 0.290. The highest BCUT2D eigenvalue weighted by Gasteiger charge is 2.33. The predicted octanol–water partition coefficient (Wildman–Crippen LogP) is 6.04. The molecule has 36 heavy (non-hydrogen) atoms. The average Bonchev–Trinajstić information content (AvgIpc) is 3.41. The van der Waals surface area contributed by atoms with Gasteiger partial charge in [0.25, 0.3) is 0 Å². The van der Waals surface area contributed by atoms with Crippen molar-refractivity contribution in [2.24, 2.45) is 5.73 Å². The number of halogens is 1. The summed E-state index contributed by atoms with van der Waals surface area (Å²) < 4.78 is 0. The number of aldehydes is 1. The van der Waals surface area contributed by atoms with Gasteiger partial charge in [-0.05, 0) is 41.0 Å². The summed E-state index contributed by atoms with van der Waals surface area (Å²) in [6.45, 7) is 3.46. The molecule has 0 amide bonds. The molecule has 4 nitrogen and oxygen atoms in total. The lowest BCUT2D eigenvalue weighted by atomic mass is 9.96. The third-order valence-electron chi connectivity index (χ3n) is 6.89. The van der Waals surface area contributed by atoms with Crippen LogP contribution in [0.15, 0.2) is 97.1 Å². The first-order valence-electron chi connectivity index (χ1n) is 12.3. The van der Waals surface area contributed by atoms with Gasteiger partial charge in [-0.15, -0.1) is 11.3 Å². The van der Waals surface area contributed by atoms with Crippen LogP contribution in [0.1, 0.15) is 28.1 Å². The summed E-state index contributed by atoms with van der Waals surface area (Å²) in [6.07, 6.45) is 0.882. The van der Waals surface area contributed by atoms with E-state index < -0.39 is 6.04 Å². The zero-order chi connectivity index (χ0) is 24.9. The van der Waals surface area contributed by atoms with Crippen molar-refractivity contribution in [2.75, 3.05) is 26.2 Å². The minimum Gasteiger partial charge on any atom is -0.320 e. The largest absolute Gasteiger partial charge is 0.320 e. The van der Waals surface area contributed by atoms with Gasteiger partial charge in [0.1, 0.15) is 6.29 Å². The predicted molar refractivity (Wildman–Crippen MR) is 149 cm³/mol. The molecule has 4 aromatic rings. The Morgan fingerprint density at radius 3 is 1.97 bits per heavy atom. The molecule has 6 heteroatoms. The van der Waals surface area contributed by atoms with E-state index in [0.29, 0.717) is 5.02 Å².